The summed E-state index contributed by atoms with van der Waals surface area (Å²) >= 11 is 6.14. The zero-order valence-electron chi connectivity index (χ0n) is 22.7. The van der Waals surface area contributed by atoms with E-state index in [2.05, 4.69) is 6.92 Å². The van der Waals surface area contributed by atoms with Crippen LogP contribution < -0.4 is 19.6 Å². The molecule has 0 bridgehead atoms. The van der Waals surface area contributed by atoms with Crippen molar-refractivity contribution in [1.82, 2.24) is 0 Å². The molecule has 0 unspecified atom stereocenters. The Morgan fingerprint density at radius 3 is 2.20 bits per heavy atom. The molecule has 3 aromatic carbocycles. The van der Waals surface area contributed by atoms with Crippen LogP contribution in [0.4, 0.5) is 13.2 Å². The van der Waals surface area contributed by atoms with Crippen molar-refractivity contribution in [3.8, 4) is 23.0 Å². The number of carbonyl (C=O) groups excluding carboxylic acids is 1. The highest BCUT2D eigenvalue weighted by Gasteiger charge is 2.40. The lowest BCUT2D eigenvalue weighted by molar-refractivity contribution is -0.154. The van der Waals surface area contributed by atoms with Crippen LogP contribution in [0, 0.1) is 13.8 Å². The third-order valence-corrected chi connectivity index (χ3v) is 6.87. The van der Waals surface area contributed by atoms with Crippen LogP contribution in [-0.4, -0.2) is 12.6 Å². The van der Waals surface area contributed by atoms with Crippen molar-refractivity contribution in [2.45, 2.75) is 52.6 Å². The number of carbonyl (C=O) groups is 1. The molecular weight excluding hydrogens is 561 g/mol. The molecule has 0 amide bonds. The third kappa shape index (κ3) is 7.21. The predicted molar refractivity (Wildman–Crippen MR) is 150 cm³/mol. The minimum atomic E-state index is -5.05. The minimum absolute atomic E-state index is 0.0000109. The van der Waals surface area contributed by atoms with E-state index in [9.17, 15) is 22.8 Å². The first-order valence-electron chi connectivity index (χ1n) is 13.1. The second-order valence-electron chi connectivity index (χ2n) is 9.54. The largest absolute Gasteiger partial charge is 0.494 e. The fourth-order valence-electron chi connectivity index (χ4n) is 4.15. The second-order valence-corrected chi connectivity index (χ2v) is 9.92. The van der Waals surface area contributed by atoms with Crippen LogP contribution in [0.1, 0.15) is 59.9 Å². The van der Waals surface area contributed by atoms with Crippen LogP contribution in [0.5, 0.6) is 23.0 Å². The van der Waals surface area contributed by atoms with Crippen LogP contribution in [-0.2, 0) is 6.18 Å². The van der Waals surface area contributed by atoms with Crippen LogP contribution in [0.3, 0.4) is 0 Å². The van der Waals surface area contributed by atoms with Gasteiger partial charge in [-0.2, -0.15) is 13.2 Å². The van der Waals surface area contributed by atoms with Gasteiger partial charge in [-0.3, -0.25) is 4.79 Å². The van der Waals surface area contributed by atoms with E-state index < -0.39 is 34.7 Å². The molecule has 10 heteroatoms. The first kappa shape index (κ1) is 30.0. The van der Waals surface area contributed by atoms with Crippen molar-refractivity contribution in [2.24, 2.45) is 0 Å². The van der Waals surface area contributed by atoms with E-state index in [4.69, 9.17) is 30.2 Å². The van der Waals surface area contributed by atoms with Gasteiger partial charge >= 0.3 is 12.1 Å². The molecule has 0 atom stereocenters. The Balaban J connectivity index is 1.57. The molecule has 0 N–H and O–H groups in total. The molecule has 41 heavy (non-hydrogen) atoms. The van der Waals surface area contributed by atoms with Crippen LogP contribution >= 0.6 is 11.6 Å². The van der Waals surface area contributed by atoms with Gasteiger partial charge in [-0.1, -0.05) is 37.8 Å². The molecule has 0 radical (unpaired) electrons. The molecule has 0 saturated heterocycles. The molecule has 0 spiro atoms. The summed E-state index contributed by atoms with van der Waals surface area (Å²) in [6, 6.07) is 12.7. The van der Waals surface area contributed by atoms with Gasteiger partial charge in [0.15, 0.2) is 0 Å². The molecule has 4 aromatic rings. The Morgan fingerprint density at radius 1 is 0.902 bits per heavy atom. The molecule has 0 aliphatic rings. The standard InChI is InChI=1S/C31H28ClF3O6/c1-4-5-6-7-14-38-21-10-8-20(9-11-21)30(37)40-22-12-13-24-25(17-22)41-29(31(33,34)35)28(27(24)36)39-23-15-18(2)26(32)19(3)16-23/h8-13,15-17H,4-7,14H2,1-3H3. The maximum Gasteiger partial charge on any atom is 0.453 e. The fraction of sp³-hybridized carbons (Fsp3) is 0.290. The molecule has 6 nitrogen and oxygen atoms in total. The third-order valence-electron chi connectivity index (χ3n) is 6.28. The van der Waals surface area contributed by atoms with Gasteiger partial charge in [-0.15, -0.1) is 0 Å². The van der Waals surface area contributed by atoms with Gasteiger partial charge in [0, 0.05) is 11.1 Å². The number of alkyl halides is 3. The number of aryl methyl sites for hydroxylation is 2. The summed E-state index contributed by atoms with van der Waals surface area (Å²) in [5, 5.41) is 0.249. The van der Waals surface area contributed by atoms with Crippen molar-refractivity contribution in [3.63, 3.8) is 0 Å². The zero-order chi connectivity index (χ0) is 29.7. The average molecular weight is 589 g/mol. The number of rotatable bonds is 10. The Bertz CT molecular complexity index is 1590. The van der Waals surface area contributed by atoms with Crippen LogP contribution in [0.2, 0.25) is 5.02 Å². The van der Waals surface area contributed by atoms with Gasteiger partial charge in [-0.25, -0.2) is 4.79 Å². The molecule has 0 fully saturated rings. The summed E-state index contributed by atoms with van der Waals surface area (Å²) in [5.74, 6) is -2.87. The molecule has 4 rings (SSSR count). The highest BCUT2D eigenvalue weighted by molar-refractivity contribution is 6.32. The molecule has 1 heterocycles. The van der Waals surface area contributed by atoms with Gasteiger partial charge < -0.3 is 18.6 Å². The number of ether oxygens (including phenoxy) is 3. The number of fused-ring (bicyclic) bond motifs is 1. The topological polar surface area (TPSA) is 75.0 Å². The Labute approximate surface area is 239 Å². The van der Waals surface area contributed by atoms with Crippen molar-refractivity contribution in [1.29, 1.82) is 0 Å². The predicted octanol–water partition coefficient (Wildman–Crippen LogP) is 9.05. The summed E-state index contributed by atoms with van der Waals surface area (Å²) in [6.45, 7) is 6.02. The van der Waals surface area contributed by atoms with Crippen molar-refractivity contribution in [3.05, 3.63) is 92.3 Å². The van der Waals surface area contributed by atoms with E-state index in [0.717, 1.165) is 31.7 Å². The lowest BCUT2D eigenvalue weighted by atomic mass is 10.1. The zero-order valence-corrected chi connectivity index (χ0v) is 23.4. The van der Waals surface area contributed by atoms with Gasteiger partial charge in [0.05, 0.1) is 17.6 Å². The molecule has 1 aromatic heterocycles. The number of benzene rings is 3. The van der Waals surface area contributed by atoms with E-state index in [1.165, 1.54) is 36.4 Å². The number of unbranched alkanes of at least 4 members (excludes halogenated alkanes) is 3. The average Bonchev–Trinajstić information content (AvgIpc) is 2.92. The summed E-state index contributed by atoms with van der Waals surface area (Å²) in [7, 11) is 0. The van der Waals surface area contributed by atoms with Gasteiger partial charge in [0.25, 0.3) is 5.76 Å². The monoisotopic (exact) mass is 588 g/mol. The maximum absolute atomic E-state index is 13.9. The smallest absolute Gasteiger partial charge is 0.453 e. The Morgan fingerprint density at radius 2 is 1.56 bits per heavy atom. The molecule has 0 aliphatic heterocycles. The van der Waals surface area contributed by atoms with E-state index in [-0.39, 0.29) is 22.4 Å². The van der Waals surface area contributed by atoms with E-state index in [0.29, 0.717) is 28.5 Å². The number of halogens is 4. The Hall–Kier alpha value is -3.98. The van der Waals surface area contributed by atoms with E-state index >= 15 is 0 Å². The molecule has 0 saturated carbocycles. The molecular formula is C31H28ClF3O6. The fourth-order valence-corrected chi connectivity index (χ4v) is 4.26. The quantitative estimate of drug-likeness (QED) is 0.104. The van der Waals surface area contributed by atoms with Crippen molar-refractivity contribution < 1.29 is 36.6 Å². The first-order valence-corrected chi connectivity index (χ1v) is 13.4. The number of esters is 1. The van der Waals surface area contributed by atoms with Gasteiger partial charge in [0.2, 0.25) is 11.2 Å². The van der Waals surface area contributed by atoms with Crippen LogP contribution in [0.25, 0.3) is 11.0 Å². The highest BCUT2D eigenvalue weighted by Crippen LogP contribution is 2.39. The number of hydrogen-bond donors (Lipinski definition) is 0. The van der Waals surface area contributed by atoms with E-state index in [1.54, 1.807) is 26.0 Å². The normalized spacial score (nSPS) is 11.5. The number of hydrogen-bond acceptors (Lipinski definition) is 6. The lowest BCUT2D eigenvalue weighted by Crippen LogP contribution is -2.16. The maximum atomic E-state index is 13.9. The summed E-state index contributed by atoms with van der Waals surface area (Å²) in [4.78, 5) is 25.8. The summed E-state index contributed by atoms with van der Waals surface area (Å²) in [5.41, 5.74) is -0.117. The van der Waals surface area contributed by atoms with Gasteiger partial charge in [-0.05, 0) is 79.9 Å². The molecule has 0 aliphatic carbocycles. The summed E-state index contributed by atoms with van der Waals surface area (Å²) in [6.07, 6.45) is -0.774. The van der Waals surface area contributed by atoms with Crippen LogP contribution in [0.15, 0.2) is 63.8 Å². The minimum Gasteiger partial charge on any atom is -0.494 e. The molecule has 216 valence electrons. The van der Waals surface area contributed by atoms with Crippen molar-refractivity contribution in [2.75, 3.05) is 6.61 Å². The Kier molecular flexibility index (Phi) is 9.28. The first-order chi connectivity index (χ1) is 19.5. The van der Waals surface area contributed by atoms with E-state index in [1.807, 2.05) is 0 Å². The van der Waals surface area contributed by atoms with Gasteiger partial charge in [0.1, 0.15) is 22.8 Å². The SMILES string of the molecule is CCCCCCOc1ccc(C(=O)Oc2ccc3c(=O)c(Oc4cc(C)c(Cl)c(C)c4)c(C(F)(F)F)oc3c2)cc1. The van der Waals surface area contributed by atoms with Crippen molar-refractivity contribution >= 4 is 28.5 Å². The highest BCUT2D eigenvalue weighted by atomic mass is 35.5. The summed E-state index contributed by atoms with van der Waals surface area (Å²) < 4.78 is 63.4. The second kappa shape index (κ2) is 12.7. The lowest BCUT2D eigenvalue weighted by Gasteiger charge is -2.15.